The van der Waals surface area contributed by atoms with Crippen LogP contribution in [-0.4, -0.2) is 96.7 Å². The number of carbonyl (C=O) groups excluding carboxylic acids is 4. The molecule has 0 spiro atoms. The van der Waals surface area contributed by atoms with Gasteiger partial charge < -0.3 is 33.8 Å². The van der Waals surface area contributed by atoms with Crippen LogP contribution in [0.5, 0.6) is 0 Å². The Morgan fingerprint density at radius 3 is 0.703 bits per heavy atom. The molecule has 0 aromatic heterocycles. The van der Waals surface area contributed by atoms with Crippen molar-refractivity contribution in [3.8, 4) is 0 Å². The average molecular weight is 1480 g/mol. The van der Waals surface area contributed by atoms with Crippen molar-refractivity contribution in [2.24, 2.45) is 5.92 Å². The molecule has 0 saturated heterocycles. The smallest absolute Gasteiger partial charge is 0.462 e. The van der Waals surface area contributed by atoms with E-state index in [0.29, 0.717) is 25.7 Å². The Balaban J connectivity index is 5.16. The normalized spacial score (nSPS) is 14.1. The Morgan fingerprint density at radius 1 is 0.277 bits per heavy atom. The van der Waals surface area contributed by atoms with E-state index in [2.05, 4.69) is 34.6 Å². The molecular formula is C82H160O17P2. The van der Waals surface area contributed by atoms with E-state index < -0.39 is 97.5 Å². The summed E-state index contributed by atoms with van der Waals surface area (Å²) in [4.78, 5) is 72.9. The number of aliphatic hydroxyl groups is 1. The maximum atomic E-state index is 13.1. The summed E-state index contributed by atoms with van der Waals surface area (Å²) in [6.07, 6.45) is 67.0. The summed E-state index contributed by atoms with van der Waals surface area (Å²) in [6.45, 7) is 7.25. The molecule has 3 N–H and O–H groups in total. The molecule has 6 atom stereocenters. The second kappa shape index (κ2) is 74.9. The fraction of sp³-hybridized carbons (Fsp3) is 0.951. The fourth-order valence-corrected chi connectivity index (χ4v) is 14.3. The monoisotopic (exact) mass is 1480 g/mol. The van der Waals surface area contributed by atoms with Gasteiger partial charge in [-0.05, 0) is 31.6 Å². The van der Waals surface area contributed by atoms with Crippen molar-refractivity contribution in [1.29, 1.82) is 0 Å². The van der Waals surface area contributed by atoms with Crippen LogP contribution in [0.1, 0.15) is 439 Å². The van der Waals surface area contributed by atoms with E-state index in [-0.39, 0.29) is 25.7 Å². The molecule has 0 aromatic rings. The number of rotatable bonds is 82. The van der Waals surface area contributed by atoms with E-state index in [1.54, 1.807) is 0 Å². The molecule has 0 heterocycles. The van der Waals surface area contributed by atoms with E-state index >= 15 is 0 Å². The summed E-state index contributed by atoms with van der Waals surface area (Å²) in [7, 11) is -9.91. The number of carbonyl (C=O) groups is 4. The Labute approximate surface area is 619 Å². The summed E-state index contributed by atoms with van der Waals surface area (Å²) >= 11 is 0. The van der Waals surface area contributed by atoms with Crippen LogP contribution in [-0.2, 0) is 65.4 Å². The molecule has 0 aliphatic rings. The predicted molar refractivity (Wildman–Crippen MR) is 414 cm³/mol. The Bertz CT molecular complexity index is 1930. The maximum absolute atomic E-state index is 13.1. The second-order valence-corrected chi connectivity index (χ2v) is 32.7. The van der Waals surface area contributed by atoms with E-state index in [4.69, 9.17) is 37.0 Å². The quantitative estimate of drug-likeness (QED) is 0.0222. The number of hydrogen-bond acceptors (Lipinski definition) is 15. The van der Waals surface area contributed by atoms with Gasteiger partial charge in [0.1, 0.15) is 19.3 Å². The molecule has 19 heteroatoms. The molecule has 0 radical (unpaired) electrons. The molecule has 0 aliphatic heterocycles. The van der Waals surface area contributed by atoms with E-state index in [1.165, 1.54) is 263 Å². The summed E-state index contributed by atoms with van der Waals surface area (Å²) in [5.41, 5.74) is 0. The molecule has 101 heavy (non-hydrogen) atoms. The SMILES string of the molecule is CCCCCCCCCCCCCCCCCCCCCCCC(=O)OC[C@H](COP(=O)(O)OC[C@@H](O)COP(=O)(O)OC[C@@H](COC(=O)CCCCCCCCCCC)OC(=O)CCCCCCCCC(C)CC)OC(=O)CCCCCCCCCCCCCCCCCCCCCCC. The largest absolute Gasteiger partial charge is 0.472 e. The highest BCUT2D eigenvalue weighted by molar-refractivity contribution is 7.47. The first-order valence-electron chi connectivity index (χ1n) is 42.7. The predicted octanol–water partition coefficient (Wildman–Crippen LogP) is 24.8. The van der Waals surface area contributed by atoms with Gasteiger partial charge in [-0.2, -0.15) is 0 Å². The van der Waals surface area contributed by atoms with E-state index in [0.717, 1.165) is 95.8 Å². The first kappa shape index (κ1) is 99.1. The van der Waals surface area contributed by atoms with Gasteiger partial charge in [-0.1, -0.05) is 388 Å². The van der Waals surface area contributed by atoms with Gasteiger partial charge in [0.05, 0.1) is 26.4 Å². The number of aliphatic hydroxyl groups excluding tert-OH is 1. The summed E-state index contributed by atoms with van der Waals surface area (Å²) in [5.74, 6) is -1.39. The Hall–Kier alpha value is -1.94. The van der Waals surface area contributed by atoms with Crippen molar-refractivity contribution in [2.45, 2.75) is 457 Å². The number of ether oxygens (including phenoxy) is 4. The zero-order chi connectivity index (χ0) is 74.1. The molecule has 0 fully saturated rings. The van der Waals surface area contributed by atoms with Crippen LogP contribution in [0.3, 0.4) is 0 Å². The van der Waals surface area contributed by atoms with Gasteiger partial charge in [-0.3, -0.25) is 37.3 Å². The highest BCUT2D eigenvalue weighted by Gasteiger charge is 2.30. The minimum Gasteiger partial charge on any atom is -0.462 e. The molecule has 600 valence electrons. The molecule has 0 rings (SSSR count). The minimum absolute atomic E-state index is 0.104. The van der Waals surface area contributed by atoms with Gasteiger partial charge in [-0.25, -0.2) is 9.13 Å². The average Bonchev–Trinajstić information content (AvgIpc) is 0.941. The zero-order valence-electron chi connectivity index (χ0n) is 66.1. The highest BCUT2D eigenvalue weighted by atomic mass is 31.2. The van der Waals surface area contributed by atoms with Gasteiger partial charge in [0, 0.05) is 25.7 Å². The third-order valence-electron chi connectivity index (χ3n) is 19.6. The van der Waals surface area contributed by atoms with Gasteiger partial charge in [0.2, 0.25) is 0 Å². The van der Waals surface area contributed by atoms with Gasteiger partial charge >= 0.3 is 39.5 Å². The van der Waals surface area contributed by atoms with Crippen LogP contribution in [0.15, 0.2) is 0 Å². The van der Waals surface area contributed by atoms with Crippen molar-refractivity contribution in [3.63, 3.8) is 0 Å². The van der Waals surface area contributed by atoms with Crippen molar-refractivity contribution < 1.29 is 80.2 Å². The van der Waals surface area contributed by atoms with Crippen molar-refractivity contribution >= 4 is 39.5 Å². The molecule has 3 unspecified atom stereocenters. The molecule has 0 amide bonds. The number of phosphoric acid groups is 2. The molecule has 17 nitrogen and oxygen atoms in total. The van der Waals surface area contributed by atoms with Crippen LogP contribution in [0.25, 0.3) is 0 Å². The third-order valence-corrected chi connectivity index (χ3v) is 21.5. The summed E-state index contributed by atoms with van der Waals surface area (Å²) in [5, 5.41) is 10.6. The van der Waals surface area contributed by atoms with E-state index in [1.807, 2.05) is 0 Å². The molecule has 0 saturated carbocycles. The van der Waals surface area contributed by atoms with Gasteiger partial charge in [-0.15, -0.1) is 0 Å². The third kappa shape index (κ3) is 74.7. The minimum atomic E-state index is -4.96. The molecule has 0 bridgehead atoms. The lowest BCUT2D eigenvalue weighted by molar-refractivity contribution is -0.161. The van der Waals surface area contributed by atoms with Crippen LogP contribution in [0.4, 0.5) is 0 Å². The summed E-state index contributed by atoms with van der Waals surface area (Å²) in [6, 6.07) is 0. The lowest BCUT2D eigenvalue weighted by Crippen LogP contribution is -2.30. The van der Waals surface area contributed by atoms with Crippen LogP contribution < -0.4 is 0 Å². The lowest BCUT2D eigenvalue weighted by Gasteiger charge is -2.21. The van der Waals surface area contributed by atoms with Crippen LogP contribution >= 0.6 is 15.6 Å². The fourth-order valence-electron chi connectivity index (χ4n) is 12.7. The van der Waals surface area contributed by atoms with Gasteiger partial charge in [0.25, 0.3) is 0 Å². The highest BCUT2D eigenvalue weighted by Crippen LogP contribution is 2.45. The Kier molecular flexibility index (Phi) is 73.5. The van der Waals surface area contributed by atoms with Crippen molar-refractivity contribution in [1.82, 2.24) is 0 Å². The maximum Gasteiger partial charge on any atom is 0.472 e. The lowest BCUT2D eigenvalue weighted by atomic mass is 10.00. The number of hydrogen-bond donors (Lipinski definition) is 3. The molecule has 0 aliphatic carbocycles. The number of esters is 4. The standard InChI is InChI=1S/C82H160O17P2/c1-6-10-13-16-19-22-24-26-28-30-32-34-36-38-40-42-44-47-50-56-61-66-80(85)93-71-77(98-81(86)67-62-57-51-48-45-43-41-39-37-35-33-31-29-27-25-23-20-17-14-11-7-2)73-96-100(88,89)94-69-76(83)70-95-101(90,91)97-74-78(72-92-79(84)65-60-55-49-46-21-18-15-12-8-3)99-82(87)68-63-58-53-52-54-59-64-75(5)9-4/h75-78,83H,6-74H2,1-5H3,(H,88,89)(H,90,91)/t75?,76-,77-,78-/m1/s1. The first-order chi connectivity index (χ1) is 49.1. The number of unbranched alkanes of at least 4 members (excludes halogenated alkanes) is 53. The van der Waals surface area contributed by atoms with E-state index in [9.17, 15) is 43.2 Å². The van der Waals surface area contributed by atoms with Crippen molar-refractivity contribution in [3.05, 3.63) is 0 Å². The molecular weight excluding hydrogens is 1320 g/mol. The van der Waals surface area contributed by atoms with Crippen LogP contribution in [0.2, 0.25) is 0 Å². The first-order valence-corrected chi connectivity index (χ1v) is 45.7. The number of phosphoric ester groups is 2. The van der Waals surface area contributed by atoms with Crippen LogP contribution in [0, 0.1) is 5.92 Å². The van der Waals surface area contributed by atoms with Gasteiger partial charge in [0.15, 0.2) is 12.2 Å². The second-order valence-electron chi connectivity index (χ2n) is 29.8. The van der Waals surface area contributed by atoms with Crippen molar-refractivity contribution in [2.75, 3.05) is 39.6 Å². The summed E-state index contributed by atoms with van der Waals surface area (Å²) < 4.78 is 68.6. The Morgan fingerprint density at radius 2 is 0.475 bits per heavy atom. The zero-order valence-corrected chi connectivity index (χ0v) is 67.8. The topological polar surface area (TPSA) is 237 Å². The molecule has 0 aromatic carbocycles.